The van der Waals surface area contributed by atoms with Gasteiger partial charge in [0.25, 0.3) is 11.8 Å². The third-order valence-electron chi connectivity index (χ3n) is 6.57. The van der Waals surface area contributed by atoms with Crippen LogP contribution in [-0.2, 0) is 9.59 Å². The number of unbranched alkanes of at least 4 members (excludes halogenated alkanes) is 2. The maximum absolute atomic E-state index is 12.3. The largest absolute Gasteiger partial charge is 0.321 e. The summed E-state index contributed by atoms with van der Waals surface area (Å²) in [6.07, 6.45) is 2.50. The Morgan fingerprint density at radius 2 is 1.04 bits per heavy atom. The molecule has 2 aromatic heterocycles. The number of nitrogens with zero attached hydrogens (tertiary/aromatic N) is 2. The van der Waals surface area contributed by atoms with Crippen LogP contribution in [0.15, 0.2) is 93.8 Å². The SMILES string of the molecule is C/C(=N\NC(=O)CCCCCC(=O)N/N=C(\C)c1cccc(NC(=O)c2cccs2)c1)c1cccc(NC(=O)c2cccs2)c1. The lowest BCUT2D eigenvalue weighted by Gasteiger charge is -2.07. The number of benzene rings is 2. The van der Waals surface area contributed by atoms with E-state index in [1.165, 1.54) is 22.7 Å². The third-order valence-corrected chi connectivity index (χ3v) is 8.31. The Hall–Kier alpha value is -4.94. The van der Waals surface area contributed by atoms with Gasteiger partial charge in [0.1, 0.15) is 0 Å². The fourth-order valence-corrected chi connectivity index (χ4v) is 5.36. The number of nitrogens with one attached hydrogen (secondary N) is 4. The highest BCUT2D eigenvalue weighted by Crippen LogP contribution is 2.17. The van der Waals surface area contributed by atoms with E-state index in [0.717, 1.165) is 11.1 Å². The molecule has 4 rings (SSSR count). The first kappa shape index (κ1) is 33.0. The summed E-state index contributed by atoms with van der Waals surface area (Å²) in [4.78, 5) is 50.4. The monoisotopic (exact) mass is 642 g/mol. The van der Waals surface area contributed by atoms with Gasteiger partial charge in [-0.3, -0.25) is 19.2 Å². The van der Waals surface area contributed by atoms with Crippen molar-refractivity contribution in [2.24, 2.45) is 10.2 Å². The molecule has 2 aromatic carbocycles. The molecule has 0 saturated heterocycles. The van der Waals surface area contributed by atoms with Gasteiger partial charge in [0.05, 0.1) is 21.2 Å². The molecule has 0 fully saturated rings. The van der Waals surface area contributed by atoms with Crippen LogP contribution in [0.25, 0.3) is 0 Å². The molecular weight excluding hydrogens is 609 g/mol. The average molecular weight is 643 g/mol. The lowest BCUT2D eigenvalue weighted by Crippen LogP contribution is -2.20. The Labute approximate surface area is 269 Å². The number of thiophene rings is 2. The van der Waals surface area contributed by atoms with Crippen LogP contribution in [0, 0.1) is 0 Å². The first-order valence-corrected chi connectivity index (χ1v) is 16.1. The van der Waals surface area contributed by atoms with Crippen molar-refractivity contribution in [2.45, 2.75) is 46.0 Å². The molecular formula is C33H34N6O4S2. The maximum atomic E-state index is 12.3. The number of hydrazone groups is 2. The molecule has 10 nitrogen and oxygen atoms in total. The smallest absolute Gasteiger partial charge is 0.265 e. The summed E-state index contributed by atoms with van der Waals surface area (Å²) < 4.78 is 0. The van der Waals surface area contributed by atoms with Crippen LogP contribution in [0.4, 0.5) is 11.4 Å². The maximum Gasteiger partial charge on any atom is 0.265 e. The normalized spacial score (nSPS) is 11.5. The third kappa shape index (κ3) is 10.6. The summed E-state index contributed by atoms with van der Waals surface area (Å²) in [6.45, 7) is 3.56. The highest BCUT2D eigenvalue weighted by molar-refractivity contribution is 7.12. The van der Waals surface area contributed by atoms with Gasteiger partial charge in [-0.25, -0.2) is 10.9 Å². The summed E-state index contributed by atoms with van der Waals surface area (Å²) in [5.74, 6) is -0.779. The van der Waals surface area contributed by atoms with Crippen LogP contribution in [0.3, 0.4) is 0 Å². The first-order valence-electron chi connectivity index (χ1n) is 14.4. The van der Waals surface area contributed by atoms with E-state index >= 15 is 0 Å². The van der Waals surface area contributed by atoms with Gasteiger partial charge in [-0.1, -0.05) is 42.8 Å². The second-order valence-corrected chi connectivity index (χ2v) is 11.9. The van der Waals surface area contributed by atoms with Crippen LogP contribution in [0.2, 0.25) is 0 Å². The molecule has 0 bridgehead atoms. The predicted molar refractivity (Wildman–Crippen MR) is 181 cm³/mol. The second kappa shape index (κ2) is 16.8. The molecule has 0 atom stereocenters. The van der Waals surface area contributed by atoms with Crippen molar-refractivity contribution in [3.63, 3.8) is 0 Å². The number of amides is 4. The Bertz CT molecular complexity index is 1560. The van der Waals surface area contributed by atoms with Gasteiger partial charge in [-0.15, -0.1) is 22.7 Å². The minimum atomic E-state index is -0.213. The fourth-order valence-electron chi connectivity index (χ4n) is 4.13. The molecule has 4 aromatic rings. The van der Waals surface area contributed by atoms with Crippen LogP contribution >= 0.6 is 22.7 Å². The van der Waals surface area contributed by atoms with Gasteiger partial charge >= 0.3 is 0 Å². The Morgan fingerprint density at radius 1 is 0.600 bits per heavy atom. The number of carbonyl (C=O) groups excluding carboxylic acids is 4. The van der Waals surface area contributed by atoms with Gasteiger partial charge in [0, 0.05) is 24.2 Å². The lowest BCUT2D eigenvalue weighted by molar-refractivity contribution is -0.121. The van der Waals surface area contributed by atoms with Crippen LogP contribution < -0.4 is 21.5 Å². The zero-order valence-corrected chi connectivity index (χ0v) is 26.6. The van der Waals surface area contributed by atoms with E-state index in [1.54, 1.807) is 50.2 Å². The topological polar surface area (TPSA) is 141 Å². The van der Waals surface area contributed by atoms with Gasteiger partial charge < -0.3 is 10.6 Å². The number of rotatable bonds is 14. The fraction of sp³-hybridized carbons (Fsp3) is 0.212. The van der Waals surface area contributed by atoms with Crippen LogP contribution in [0.5, 0.6) is 0 Å². The standard InChI is InChI=1S/C33H34N6O4S2/c1-22(24-10-6-12-26(20-24)34-32(42)28-14-8-18-44-28)36-38-30(40)16-4-3-5-17-31(41)39-37-23(2)25-11-7-13-27(21-25)35-33(43)29-15-9-19-45-29/h6-15,18-21H,3-5,16-17H2,1-2H3,(H,34,42)(H,35,43)(H,38,40)(H,39,41)/b36-22+,37-23+. The Balaban J connectivity index is 1.13. The van der Waals surface area contributed by atoms with Crippen molar-refractivity contribution >= 4 is 69.1 Å². The Kier molecular flexibility index (Phi) is 12.3. The van der Waals surface area contributed by atoms with Gasteiger partial charge in [0.15, 0.2) is 0 Å². The lowest BCUT2D eigenvalue weighted by atomic mass is 10.1. The zero-order chi connectivity index (χ0) is 32.0. The molecule has 0 aliphatic heterocycles. The van der Waals surface area contributed by atoms with Gasteiger partial charge in [-0.05, 0) is 85.0 Å². The molecule has 2 heterocycles. The molecule has 12 heteroatoms. The van der Waals surface area contributed by atoms with Crippen molar-refractivity contribution in [1.82, 2.24) is 10.9 Å². The van der Waals surface area contributed by atoms with E-state index in [9.17, 15) is 19.2 Å². The molecule has 0 aliphatic rings. The highest BCUT2D eigenvalue weighted by Gasteiger charge is 2.10. The minimum Gasteiger partial charge on any atom is -0.321 e. The van der Waals surface area contributed by atoms with E-state index in [1.807, 2.05) is 47.2 Å². The molecule has 0 aliphatic carbocycles. The van der Waals surface area contributed by atoms with E-state index in [0.29, 0.717) is 51.8 Å². The van der Waals surface area contributed by atoms with Gasteiger partial charge in [-0.2, -0.15) is 10.2 Å². The van der Waals surface area contributed by atoms with Crippen LogP contribution in [0.1, 0.15) is 76.4 Å². The van der Waals surface area contributed by atoms with Crippen molar-refractivity contribution in [2.75, 3.05) is 10.6 Å². The predicted octanol–water partition coefficient (Wildman–Crippen LogP) is 6.65. The summed E-state index contributed by atoms with van der Waals surface area (Å²) in [7, 11) is 0. The number of carbonyl (C=O) groups is 4. The second-order valence-electron chi connectivity index (χ2n) is 10.0. The highest BCUT2D eigenvalue weighted by atomic mass is 32.1. The molecule has 4 N–H and O–H groups in total. The summed E-state index contributed by atoms with van der Waals surface area (Å²) in [5, 5.41) is 17.8. The van der Waals surface area contributed by atoms with E-state index in [-0.39, 0.29) is 36.5 Å². The van der Waals surface area contributed by atoms with Gasteiger partial charge in [0.2, 0.25) is 11.8 Å². The van der Waals surface area contributed by atoms with E-state index in [2.05, 4.69) is 31.7 Å². The molecule has 0 saturated carbocycles. The summed E-state index contributed by atoms with van der Waals surface area (Å²) in [6, 6.07) is 21.7. The van der Waals surface area contributed by atoms with Crippen molar-refractivity contribution < 1.29 is 19.2 Å². The molecule has 0 radical (unpaired) electrons. The Morgan fingerprint density at radius 3 is 1.44 bits per heavy atom. The molecule has 0 spiro atoms. The van der Waals surface area contributed by atoms with Crippen molar-refractivity contribution in [1.29, 1.82) is 0 Å². The summed E-state index contributed by atoms with van der Waals surface area (Å²) in [5.41, 5.74) is 9.20. The zero-order valence-electron chi connectivity index (χ0n) is 25.0. The molecule has 45 heavy (non-hydrogen) atoms. The van der Waals surface area contributed by atoms with Crippen molar-refractivity contribution in [3.05, 3.63) is 104 Å². The average Bonchev–Trinajstić information content (AvgIpc) is 3.78. The molecule has 232 valence electrons. The minimum absolute atomic E-state index is 0.176. The van der Waals surface area contributed by atoms with Crippen LogP contribution in [-0.4, -0.2) is 35.1 Å². The molecule has 4 amide bonds. The molecule has 0 unspecified atom stereocenters. The first-order chi connectivity index (χ1) is 21.8. The number of hydrogen-bond acceptors (Lipinski definition) is 8. The quantitative estimate of drug-likeness (QED) is 0.0695. The van der Waals surface area contributed by atoms with E-state index < -0.39 is 0 Å². The number of hydrogen-bond donors (Lipinski definition) is 4. The number of anilines is 2. The van der Waals surface area contributed by atoms with E-state index in [4.69, 9.17) is 0 Å². The summed E-state index contributed by atoms with van der Waals surface area (Å²) >= 11 is 2.74. The van der Waals surface area contributed by atoms with Crippen molar-refractivity contribution in [3.8, 4) is 0 Å².